The lowest BCUT2D eigenvalue weighted by atomic mass is 10.2. The van der Waals surface area contributed by atoms with Gasteiger partial charge in [0.15, 0.2) is 6.23 Å². The molecule has 0 bridgehead atoms. The Morgan fingerprint density at radius 2 is 2.53 bits per heavy atom. The molecule has 15 heavy (non-hydrogen) atoms. The lowest BCUT2D eigenvalue weighted by molar-refractivity contribution is -0.0406. The summed E-state index contributed by atoms with van der Waals surface area (Å²) >= 11 is 0. The number of ether oxygens (including phenoxy) is 1. The van der Waals surface area contributed by atoms with Crippen molar-refractivity contribution in [1.82, 2.24) is 15.1 Å². The van der Waals surface area contributed by atoms with Crippen molar-refractivity contribution in [2.24, 2.45) is 0 Å². The molecule has 1 fully saturated rings. The molecule has 2 rings (SSSR count). The van der Waals surface area contributed by atoms with Crippen LogP contribution in [0.15, 0.2) is 12.3 Å². The molecule has 2 heterocycles. The first-order chi connectivity index (χ1) is 7.33. The average molecular weight is 209 g/mol. The van der Waals surface area contributed by atoms with Crippen molar-refractivity contribution >= 4 is 5.91 Å². The molecule has 1 aromatic heterocycles. The molecule has 1 unspecified atom stereocenters. The minimum atomic E-state index is -0.123. The van der Waals surface area contributed by atoms with Gasteiger partial charge in [-0.2, -0.15) is 5.10 Å². The zero-order chi connectivity index (χ0) is 10.7. The monoisotopic (exact) mass is 209 g/mol. The number of carbonyl (C=O) groups is 1. The van der Waals surface area contributed by atoms with Crippen LogP contribution in [0.5, 0.6) is 0 Å². The van der Waals surface area contributed by atoms with Gasteiger partial charge in [0, 0.05) is 19.9 Å². The Morgan fingerprint density at radius 1 is 1.67 bits per heavy atom. The molecular weight excluding hydrogens is 194 g/mol. The van der Waals surface area contributed by atoms with Crippen LogP contribution in [0.2, 0.25) is 0 Å². The van der Waals surface area contributed by atoms with E-state index in [0.29, 0.717) is 5.69 Å². The highest BCUT2D eigenvalue weighted by molar-refractivity contribution is 5.92. The Bertz CT molecular complexity index is 342. The van der Waals surface area contributed by atoms with Crippen molar-refractivity contribution in [2.75, 3.05) is 13.7 Å². The van der Waals surface area contributed by atoms with Crippen molar-refractivity contribution in [3.05, 3.63) is 18.0 Å². The summed E-state index contributed by atoms with van der Waals surface area (Å²) in [6.07, 6.45) is 4.68. The Hall–Kier alpha value is -1.36. The summed E-state index contributed by atoms with van der Waals surface area (Å²) in [5.41, 5.74) is 0.560. The molecule has 1 amide bonds. The Morgan fingerprint density at radius 3 is 3.20 bits per heavy atom. The third-order valence-electron chi connectivity index (χ3n) is 2.56. The fourth-order valence-electron chi connectivity index (χ4n) is 1.77. The smallest absolute Gasteiger partial charge is 0.269 e. The summed E-state index contributed by atoms with van der Waals surface area (Å²) < 4.78 is 7.24. The van der Waals surface area contributed by atoms with Crippen LogP contribution < -0.4 is 5.32 Å². The van der Waals surface area contributed by atoms with Gasteiger partial charge < -0.3 is 10.1 Å². The molecule has 82 valence electrons. The third-order valence-corrected chi connectivity index (χ3v) is 2.56. The quantitative estimate of drug-likeness (QED) is 0.788. The molecule has 0 aliphatic carbocycles. The van der Waals surface area contributed by atoms with E-state index in [4.69, 9.17) is 4.74 Å². The zero-order valence-corrected chi connectivity index (χ0v) is 8.77. The van der Waals surface area contributed by atoms with Gasteiger partial charge in [0.05, 0.1) is 0 Å². The van der Waals surface area contributed by atoms with Crippen LogP contribution in [0.3, 0.4) is 0 Å². The summed E-state index contributed by atoms with van der Waals surface area (Å²) in [6, 6.07) is 1.71. The van der Waals surface area contributed by atoms with Gasteiger partial charge in [-0.1, -0.05) is 0 Å². The van der Waals surface area contributed by atoms with E-state index in [0.717, 1.165) is 25.9 Å². The van der Waals surface area contributed by atoms with Crippen molar-refractivity contribution in [3.8, 4) is 0 Å². The van der Waals surface area contributed by atoms with Crippen LogP contribution in [0.4, 0.5) is 0 Å². The number of hydrogen-bond acceptors (Lipinski definition) is 3. The van der Waals surface area contributed by atoms with Gasteiger partial charge in [-0.3, -0.25) is 4.79 Å². The number of hydrogen-bond donors (Lipinski definition) is 1. The Labute approximate surface area is 88.4 Å². The molecule has 1 aromatic rings. The Balaban J connectivity index is 2.19. The van der Waals surface area contributed by atoms with Crippen LogP contribution in [-0.2, 0) is 4.74 Å². The normalized spacial score (nSPS) is 21.3. The molecule has 0 spiro atoms. The van der Waals surface area contributed by atoms with Gasteiger partial charge in [-0.25, -0.2) is 4.68 Å². The van der Waals surface area contributed by atoms with E-state index >= 15 is 0 Å². The van der Waals surface area contributed by atoms with Gasteiger partial charge in [0.1, 0.15) is 5.69 Å². The van der Waals surface area contributed by atoms with E-state index in [2.05, 4.69) is 10.4 Å². The van der Waals surface area contributed by atoms with Gasteiger partial charge in [-0.15, -0.1) is 0 Å². The van der Waals surface area contributed by atoms with Crippen LogP contribution in [-0.4, -0.2) is 29.3 Å². The highest BCUT2D eigenvalue weighted by Gasteiger charge is 2.21. The van der Waals surface area contributed by atoms with Gasteiger partial charge in [0.2, 0.25) is 0 Å². The summed E-state index contributed by atoms with van der Waals surface area (Å²) in [7, 11) is 1.61. The maximum absolute atomic E-state index is 11.5. The van der Waals surface area contributed by atoms with Gasteiger partial charge in [-0.05, 0) is 25.3 Å². The first kappa shape index (κ1) is 10.2. The molecule has 0 aromatic carbocycles. The molecule has 1 saturated heterocycles. The second-order valence-electron chi connectivity index (χ2n) is 3.56. The number of aromatic nitrogens is 2. The predicted molar refractivity (Wildman–Crippen MR) is 54.5 cm³/mol. The van der Waals surface area contributed by atoms with Gasteiger partial charge in [0.25, 0.3) is 5.91 Å². The highest BCUT2D eigenvalue weighted by Crippen LogP contribution is 2.22. The van der Waals surface area contributed by atoms with Crippen molar-refractivity contribution in [3.63, 3.8) is 0 Å². The fourth-order valence-corrected chi connectivity index (χ4v) is 1.77. The van der Waals surface area contributed by atoms with E-state index < -0.39 is 0 Å². The number of amides is 1. The molecule has 0 radical (unpaired) electrons. The molecule has 1 atom stereocenters. The zero-order valence-electron chi connectivity index (χ0n) is 8.77. The number of rotatable bonds is 2. The van der Waals surface area contributed by atoms with Crippen molar-refractivity contribution in [2.45, 2.75) is 25.5 Å². The summed E-state index contributed by atoms with van der Waals surface area (Å²) in [6.45, 7) is 0.748. The maximum Gasteiger partial charge on any atom is 0.269 e. The number of nitrogens with zero attached hydrogens (tertiary/aromatic N) is 2. The first-order valence-electron chi connectivity index (χ1n) is 5.20. The molecule has 0 saturated carbocycles. The molecule has 1 N–H and O–H groups in total. The Kier molecular flexibility index (Phi) is 3.01. The largest absolute Gasteiger partial charge is 0.356 e. The molecule has 5 nitrogen and oxygen atoms in total. The second-order valence-corrected chi connectivity index (χ2v) is 3.56. The maximum atomic E-state index is 11.5. The van der Waals surface area contributed by atoms with E-state index in [-0.39, 0.29) is 12.1 Å². The topological polar surface area (TPSA) is 56.2 Å². The van der Waals surface area contributed by atoms with Crippen molar-refractivity contribution in [1.29, 1.82) is 0 Å². The van der Waals surface area contributed by atoms with Crippen LogP contribution in [0.25, 0.3) is 0 Å². The van der Waals surface area contributed by atoms with E-state index in [1.807, 2.05) is 0 Å². The fraction of sp³-hybridized carbons (Fsp3) is 0.600. The molecular formula is C10H15N3O2. The highest BCUT2D eigenvalue weighted by atomic mass is 16.5. The molecule has 1 aliphatic heterocycles. The number of carbonyl (C=O) groups excluding carboxylic acids is 1. The molecule has 5 heteroatoms. The van der Waals surface area contributed by atoms with E-state index in [9.17, 15) is 4.79 Å². The molecule has 1 aliphatic rings. The van der Waals surface area contributed by atoms with Crippen molar-refractivity contribution < 1.29 is 9.53 Å². The lowest BCUT2D eigenvalue weighted by Gasteiger charge is -2.24. The van der Waals surface area contributed by atoms with E-state index in [1.165, 1.54) is 0 Å². The SMILES string of the molecule is CNC(=O)c1ccnn1C1CCCCO1. The average Bonchev–Trinajstić information content (AvgIpc) is 2.78. The summed E-state index contributed by atoms with van der Waals surface area (Å²) in [5, 5.41) is 6.73. The van der Waals surface area contributed by atoms with Crippen LogP contribution in [0.1, 0.15) is 36.0 Å². The van der Waals surface area contributed by atoms with Crippen LogP contribution >= 0.6 is 0 Å². The first-order valence-corrected chi connectivity index (χ1v) is 5.20. The number of nitrogens with one attached hydrogen (secondary N) is 1. The minimum absolute atomic E-state index is 0.0824. The predicted octanol–water partition coefficient (Wildman–Crippen LogP) is 0.942. The lowest BCUT2D eigenvalue weighted by Crippen LogP contribution is -2.27. The van der Waals surface area contributed by atoms with Gasteiger partial charge >= 0.3 is 0 Å². The van der Waals surface area contributed by atoms with Crippen LogP contribution in [0, 0.1) is 0 Å². The third kappa shape index (κ3) is 2.02. The summed E-state index contributed by atoms with van der Waals surface area (Å²) in [5.74, 6) is -0.123. The van der Waals surface area contributed by atoms with E-state index in [1.54, 1.807) is 24.0 Å². The summed E-state index contributed by atoms with van der Waals surface area (Å²) in [4.78, 5) is 11.5. The second kappa shape index (κ2) is 4.44. The minimum Gasteiger partial charge on any atom is -0.356 e. The standard InChI is InChI=1S/C10H15N3O2/c1-11-10(14)8-5-6-12-13(8)9-4-2-3-7-15-9/h5-6,9H,2-4,7H2,1H3,(H,11,14).